The number of anilines is 1. The number of nitrogens with zero attached hydrogens (tertiary/aromatic N) is 2. The van der Waals surface area contributed by atoms with Crippen LogP contribution in [0.2, 0.25) is 0 Å². The summed E-state index contributed by atoms with van der Waals surface area (Å²) in [4.78, 5) is 22.5. The lowest BCUT2D eigenvalue weighted by Crippen LogP contribution is -2.23. The molecule has 0 aliphatic carbocycles. The van der Waals surface area contributed by atoms with Crippen LogP contribution in [0.1, 0.15) is 10.4 Å². The summed E-state index contributed by atoms with van der Waals surface area (Å²) in [5.74, 6) is -1.49. The first-order valence-electron chi connectivity index (χ1n) is 4.63. The molecule has 0 aromatic heterocycles. The summed E-state index contributed by atoms with van der Waals surface area (Å²) in [5.41, 5.74) is -0.392. The van der Waals surface area contributed by atoms with Crippen molar-refractivity contribution in [1.29, 1.82) is 0 Å². The summed E-state index contributed by atoms with van der Waals surface area (Å²) >= 11 is 0. The first kappa shape index (κ1) is 12.8. The van der Waals surface area contributed by atoms with E-state index >= 15 is 0 Å². The molecule has 1 rings (SSSR count). The van der Waals surface area contributed by atoms with Crippen molar-refractivity contribution < 1.29 is 19.6 Å². The highest BCUT2D eigenvalue weighted by atomic mass is 16.6. The standard InChI is InChI=1S/C10H12N2O5/c1-11(2)7-5-9(17-3)6(10(13)14)4-8(7)12(15)16/h4-5H,1-3H3,(H,13,14)/p-1. The third-order valence-electron chi connectivity index (χ3n) is 2.20. The summed E-state index contributed by atoms with van der Waals surface area (Å²) in [6.45, 7) is 0. The molecule has 0 saturated carbocycles. The number of nitro groups is 1. The van der Waals surface area contributed by atoms with Crippen LogP contribution in [-0.2, 0) is 0 Å². The zero-order chi connectivity index (χ0) is 13.2. The Kier molecular flexibility index (Phi) is 3.52. The van der Waals surface area contributed by atoms with E-state index in [4.69, 9.17) is 4.74 Å². The lowest BCUT2D eigenvalue weighted by Gasteiger charge is -2.16. The van der Waals surface area contributed by atoms with E-state index in [1.807, 2.05) is 0 Å². The summed E-state index contributed by atoms with van der Waals surface area (Å²) in [7, 11) is 4.51. The predicted molar refractivity (Wildman–Crippen MR) is 58.3 cm³/mol. The van der Waals surface area contributed by atoms with E-state index in [1.54, 1.807) is 14.1 Å². The second kappa shape index (κ2) is 4.69. The van der Waals surface area contributed by atoms with Gasteiger partial charge in [0.25, 0.3) is 5.69 Å². The van der Waals surface area contributed by atoms with Gasteiger partial charge in [-0.3, -0.25) is 10.1 Å². The van der Waals surface area contributed by atoms with Gasteiger partial charge in [-0.15, -0.1) is 0 Å². The second-order valence-corrected chi connectivity index (χ2v) is 3.48. The Hall–Kier alpha value is -2.31. The summed E-state index contributed by atoms with van der Waals surface area (Å²) in [5, 5.41) is 21.6. The second-order valence-electron chi connectivity index (χ2n) is 3.48. The molecule has 92 valence electrons. The number of ether oxygens (including phenoxy) is 1. The van der Waals surface area contributed by atoms with E-state index in [9.17, 15) is 20.0 Å². The monoisotopic (exact) mass is 239 g/mol. The zero-order valence-electron chi connectivity index (χ0n) is 9.59. The lowest BCUT2D eigenvalue weighted by molar-refractivity contribution is -0.384. The van der Waals surface area contributed by atoms with Gasteiger partial charge in [-0.1, -0.05) is 0 Å². The number of rotatable bonds is 4. The molecule has 0 heterocycles. The molecule has 7 nitrogen and oxygen atoms in total. The van der Waals surface area contributed by atoms with Crippen molar-refractivity contribution in [2.75, 3.05) is 26.1 Å². The Morgan fingerprint density at radius 2 is 2.00 bits per heavy atom. The molecular weight excluding hydrogens is 228 g/mol. The average Bonchev–Trinajstić information content (AvgIpc) is 2.26. The number of nitro benzene ring substituents is 1. The molecular formula is C10H11N2O5-. The molecule has 0 fully saturated rings. The molecule has 0 amide bonds. The van der Waals surface area contributed by atoms with Gasteiger partial charge in [-0.25, -0.2) is 0 Å². The Morgan fingerprint density at radius 3 is 2.35 bits per heavy atom. The summed E-state index contributed by atoms with van der Waals surface area (Å²) in [6, 6.07) is 2.23. The highest BCUT2D eigenvalue weighted by Crippen LogP contribution is 2.33. The molecule has 1 aromatic rings. The number of carbonyl (C=O) groups excluding carboxylic acids is 1. The van der Waals surface area contributed by atoms with Crippen molar-refractivity contribution in [2.24, 2.45) is 0 Å². The van der Waals surface area contributed by atoms with Crippen molar-refractivity contribution in [3.05, 3.63) is 27.8 Å². The molecule has 0 saturated heterocycles. The SMILES string of the molecule is COc1cc(N(C)C)c([N+](=O)[O-])cc1C(=O)[O-]. The molecule has 0 aliphatic rings. The number of carbonyl (C=O) groups is 1. The Morgan fingerprint density at radius 1 is 1.41 bits per heavy atom. The van der Waals surface area contributed by atoms with Crippen LogP contribution in [0.5, 0.6) is 5.75 Å². The molecule has 17 heavy (non-hydrogen) atoms. The van der Waals surface area contributed by atoms with Crippen LogP contribution in [0.25, 0.3) is 0 Å². The number of aromatic carboxylic acids is 1. The Labute approximate surface area is 97.4 Å². The number of hydrogen-bond donors (Lipinski definition) is 0. The van der Waals surface area contributed by atoms with Crippen molar-refractivity contribution in [3.8, 4) is 5.75 Å². The smallest absolute Gasteiger partial charge is 0.293 e. The number of carboxylic acid groups (broad SMARTS) is 1. The van der Waals surface area contributed by atoms with Crippen molar-refractivity contribution in [3.63, 3.8) is 0 Å². The van der Waals surface area contributed by atoms with Crippen LogP contribution in [-0.4, -0.2) is 32.1 Å². The zero-order valence-corrected chi connectivity index (χ0v) is 9.59. The average molecular weight is 239 g/mol. The van der Waals surface area contributed by atoms with E-state index in [2.05, 4.69) is 0 Å². The van der Waals surface area contributed by atoms with Gasteiger partial charge in [-0.05, 0) is 0 Å². The fraction of sp³-hybridized carbons (Fsp3) is 0.300. The maximum Gasteiger partial charge on any atom is 0.293 e. The van der Waals surface area contributed by atoms with Gasteiger partial charge in [0, 0.05) is 31.8 Å². The van der Waals surface area contributed by atoms with E-state index < -0.39 is 10.9 Å². The van der Waals surface area contributed by atoms with Crippen molar-refractivity contribution in [2.45, 2.75) is 0 Å². The molecule has 0 N–H and O–H groups in total. The Balaban J connectivity index is 3.53. The maximum atomic E-state index is 10.8. The molecule has 1 aromatic carbocycles. The van der Waals surface area contributed by atoms with Crippen LogP contribution in [0.15, 0.2) is 12.1 Å². The van der Waals surface area contributed by atoms with Gasteiger partial charge in [0.15, 0.2) is 0 Å². The normalized spacial score (nSPS) is 9.82. The first-order chi connectivity index (χ1) is 7.88. The third kappa shape index (κ3) is 2.44. The molecule has 0 aliphatic heterocycles. The van der Waals surface area contributed by atoms with Crippen LogP contribution >= 0.6 is 0 Å². The summed E-state index contributed by atoms with van der Waals surface area (Å²) < 4.78 is 4.86. The van der Waals surface area contributed by atoms with E-state index in [1.165, 1.54) is 18.1 Å². The van der Waals surface area contributed by atoms with Gasteiger partial charge in [0.1, 0.15) is 11.4 Å². The minimum absolute atomic E-state index is 0.0271. The van der Waals surface area contributed by atoms with Gasteiger partial charge < -0.3 is 19.5 Å². The maximum absolute atomic E-state index is 10.8. The minimum Gasteiger partial charge on any atom is -0.545 e. The molecule has 7 heteroatoms. The highest BCUT2D eigenvalue weighted by Gasteiger charge is 2.20. The van der Waals surface area contributed by atoms with Gasteiger partial charge in [-0.2, -0.15) is 0 Å². The first-order valence-corrected chi connectivity index (χ1v) is 4.63. The fourth-order valence-electron chi connectivity index (χ4n) is 1.39. The molecule has 0 unspecified atom stereocenters. The number of hydrogen-bond acceptors (Lipinski definition) is 6. The molecule has 0 bridgehead atoms. The van der Waals surface area contributed by atoms with Gasteiger partial charge in [0.05, 0.1) is 18.0 Å². The summed E-state index contributed by atoms with van der Waals surface area (Å²) in [6.07, 6.45) is 0. The predicted octanol–water partition coefficient (Wildman–Crippen LogP) is 0.0329. The number of carboxylic acids is 1. The third-order valence-corrected chi connectivity index (χ3v) is 2.20. The van der Waals surface area contributed by atoms with Gasteiger partial charge in [0.2, 0.25) is 0 Å². The van der Waals surface area contributed by atoms with E-state index in [0.29, 0.717) is 0 Å². The molecule has 0 spiro atoms. The van der Waals surface area contributed by atoms with E-state index in [-0.39, 0.29) is 22.7 Å². The topological polar surface area (TPSA) is 95.7 Å². The largest absolute Gasteiger partial charge is 0.545 e. The lowest BCUT2D eigenvalue weighted by atomic mass is 10.1. The van der Waals surface area contributed by atoms with E-state index in [0.717, 1.165) is 6.07 Å². The molecule has 0 radical (unpaired) electrons. The van der Waals surface area contributed by atoms with Crippen LogP contribution in [0.3, 0.4) is 0 Å². The highest BCUT2D eigenvalue weighted by molar-refractivity contribution is 5.92. The fourth-order valence-corrected chi connectivity index (χ4v) is 1.39. The quantitative estimate of drug-likeness (QED) is 0.543. The van der Waals surface area contributed by atoms with Crippen LogP contribution in [0.4, 0.5) is 11.4 Å². The van der Waals surface area contributed by atoms with Crippen LogP contribution < -0.4 is 14.7 Å². The van der Waals surface area contributed by atoms with Gasteiger partial charge >= 0.3 is 0 Å². The minimum atomic E-state index is -1.52. The van der Waals surface area contributed by atoms with Crippen molar-refractivity contribution in [1.82, 2.24) is 0 Å². The molecule has 0 atom stereocenters. The van der Waals surface area contributed by atoms with Crippen molar-refractivity contribution >= 4 is 17.3 Å². The number of benzene rings is 1. The number of methoxy groups -OCH3 is 1. The van der Waals surface area contributed by atoms with Crippen LogP contribution in [0, 0.1) is 10.1 Å². The Bertz CT molecular complexity index is 470.